The van der Waals surface area contributed by atoms with Crippen LogP contribution in [-0.4, -0.2) is 43.6 Å². The van der Waals surface area contributed by atoms with Gasteiger partial charge in [-0.3, -0.25) is 4.79 Å². The molecule has 4 nitrogen and oxygen atoms in total. The number of amides is 1. The summed E-state index contributed by atoms with van der Waals surface area (Å²) in [5.74, 6) is 2.21. The minimum absolute atomic E-state index is 0.140. The topological polar surface area (TPSA) is 41.6 Å². The van der Waals surface area contributed by atoms with E-state index in [-0.39, 0.29) is 5.91 Å². The SMILES string of the molecule is CCCOc1cccc(C(=O)N2C[C@H]3CNC[C@H]3C2)c1. The Labute approximate surface area is 120 Å². The summed E-state index contributed by atoms with van der Waals surface area (Å²) in [6, 6.07) is 7.56. The highest BCUT2D eigenvalue weighted by atomic mass is 16.5. The molecule has 0 aliphatic carbocycles. The van der Waals surface area contributed by atoms with Crippen LogP contribution in [0.4, 0.5) is 0 Å². The molecule has 3 rings (SSSR count). The minimum atomic E-state index is 0.140. The van der Waals surface area contributed by atoms with Gasteiger partial charge < -0.3 is 15.0 Å². The van der Waals surface area contributed by atoms with E-state index in [1.165, 1.54) is 0 Å². The van der Waals surface area contributed by atoms with Crippen LogP contribution in [0.5, 0.6) is 5.75 Å². The van der Waals surface area contributed by atoms with Gasteiger partial charge in [-0.1, -0.05) is 13.0 Å². The van der Waals surface area contributed by atoms with Crippen molar-refractivity contribution in [3.63, 3.8) is 0 Å². The van der Waals surface area contributed by atoms with Gasteiger partial charge in [-0.15, -0.1) is 0 Å². The molecule has 1 aromatic rings. The first-order valence-corrected chi connectivity index (χ1v) is 7.50. The molecule has 4 heteroatoms. The number of carbonyl (C=O) groups is 1. The average Bonchev–Trinajstić information content (AvgIpc) is 3.06. The second-order valence-corrected chi connectivity index (χ2v) is 5.76. The predicted octanol–water partition coefficient (Wildman–Crippen LogP) is 1.77. The Morgan fingerprint density at radius 2 is 2.10 bits per heavy atom. The number of likely N-dealkylation sites (tertiary alicyclic amines) is 1. The molecule has 1 amide bonds. The van der Waals surface area contributed by atoms with E-state index in [2.05, 4.69) is 12.2 Å². The van der Waals surface area contributed by atoms with Crippen molar-refractivity contribution in [2.75, 3.05) is 32.8 Å². The zero-order valence-corrected chi connectivity index (χ0v) is 12.0. The van der Waals surface area contributed by atoms with Gasteiger partial charge in [0.15, 0.2) is 0 Å². The smallest absolute Gasteiger partial charge is 0.254 e. The lowest BCUT2D eigenvalue weighted by molar-refractivity contribution is 0.0781. The Morgan fingerprint density at radius 1 is 1.35 bits per heavy atom. The third-order valence-corrected chi connectivity index (χ3v) is 4.23. The lowest BCUT2D eigenvalue weighted by atomic mass is 10.0. The summed E-state index contributed by atoms with van der Waals surface area (Å²) in [7, 11) is 0. The van der Waals surface area contributed by atoms with Gasteiger partial charge in [-0.05, 0) is 36.5 Å². The van der Waals surface area contributed by atoms with E-state index in [0.29, 0.717) is 18.4 Å². The van der Waals surface area contributed by atoms with E-state index in [0.717, 1.165) is 43.9 Å². The molecular formula is C16H22N2O2. The van der Waals surface area contributed by atoms with Gasteiger partial charge in [0.1, 0.15) is 5.75 Å². The van der Waals surface area contributed by atoms with E-state index < -0.39 is 0 Å². The summed E-state index contributed by atoms with van der Waals surface area (Å²) in [6.07, 6.45) is 0.973. The van der Waals surface area contributed by atoms with Gasteiger partial charge in [0, 0.05) is 31.7 Å². The van der Waals surface area contributed by atoms with Crippen LogP contribution >= 0.6 is 0 Å². The van der Waals surface area contributed by atoms with E-state index in [4.69, 9.17) is 4.74 Å². The molecule has 2 saturated heterocycles. The first-order valence-electron chi connectivity index (χ1n) is 7.50. The molecule has 1 N–H and O–H groups in total. The standard InChI is InChI=1S/C16H22N2O2/c1-2-6-20-15-5-3-4-12(7-15)16(19)18-10-13-8-17-9-14(13)11-18/h3-5,7,13-14,17H,2,6,8-11H2,1H3/t13-,14+. The number of benzene rings is 1. The van der Waals surface area contributed by atoms with E-state index in [1.807, 2.05) is 29.2 Å². The lowest BCUT2D eigenvalue weighted by Gasteiger charge is -2.18. The van der Waals surface area contributed by atoms with Crippen LogP contribution in [0.1, 0.15) is 23.7 Å². The summed E-state index contributed by atoms with van der Waals surface area (Å²) in [5, 5.41) is 3.40. The molecular weight excluding hydrogens is 252 g/mol. The van der Waals surface area contributed by atoms with Crippen LogP contribution in [0.15, 0.2) is 24.3 Å². The molecule has 1 aromatic carbocycles. The van der Waals surface area contributed by atoms with Gasteiger partial charge in [-0.25, -0.2) is 0 Å². The van der Waals surface area contributed by atoms with Crippen molar-refractivity contribution in [3.8, 4) is 5.75 Å². The second-order valence-electron chi connectivity index (χ2n) is 5.76. The fourth-order valence-electron chi connectivity index (χ4n) is 3.14. The highest BCUT2D eigenvalue weighted by molar-refractivity contribution is 5.94. The lowest BCUT2D eigenvalue weighted by Crippen LogP contribution is -2.31. The van der Waals surface area contributed by atoms with Crippen molar-refractivity contribution in [1.29, 1.82) is 0 Å². The molecule has 0 saturated carbocycles. The molecule has 0 unspecified atom stereocenters. The zero-order valence-electron chi connectivity index (χ0n) is 12.0. The Hall–Kier alpha value is -1.55. The van der Waals surface area contributed by atoms with E-state index in [1.54, 1.807) is 0 Å². The highest BCUT2D eigenvalue weighted by Gasteiger charge is 2.38. The van der Waals surface area contributed by atoms with Crippen LogP contribution in [0.25, 0.3) is 0 Å². The number of nitrogens with zero attached hydrogens (tertiary/aromatic N) is 1. The fraction of sp³-hybridized carbons (Fsp3) is 0.562. The number of ether oxygens (including phenoxy) is 1. The quantitative estimate of drug-likeness (QED) is 0.910. The molecule has 2 aliphatic rings. The summed E-state index contributed by atoms with van der Waals surface area (Å²) in [4.78, 5) is 14.5. The summed E-state index contributed by atoms with van der Waals surface area (Å²) in [5.41, 5.74) is 0.742. The van der Waals surface area contributed by atoms with E-state index >= 15 is 0 Å². The number of rotatable bonds is 4. The second kappa shape index (κ2) is 5.83. The van der Waals surface area contributed by atoms with Crippen LogP contribution in [-0.2, 0) is 0 Å². The van der Waals surface area contributed by atoms with Gasteiger partial charge in [0.05, 0.1) is 6.61 Å². The monoisotopic (exact) mass is 274 g/mol. The maximum Gasteiger partial charge on any atom is 0.254 e. The summed E-state index contributed by atoms with van der Waals surface area (Å²) < 4.78 is 5.60. The molecule has 0 spiro atoms. The molecule has 2 atom stereocenters. The van der Waals surface area contributed by atoms with Gasteiger partial charge in [0.25, 0.3) is 5.91 Å². The largest absolute Gasteiger partial charge is 0.494 e. The van der Waals surface area contributed by atoms with Gasteiger partial charge in [-0.2, -0.15) is 0 Å². The fourth-order valence-corrected chi connectivity index (χ4v) is 3.14. The number of fused-ring (bicyclic) bond motifs is 1. The van der Waals surface area contributed by atoms with E-state index in [9.17, 15) is 4.79 Å². The molecule has 0 aromatic heterocycles. The highest BCUT2D eigenvalue weighted by Crippen LogP contribution is 2.27. The van der Waals surface area contributed by atoms with Crippen LogP contribution in [0, 0.1) is 11.8 Å². The summed E-state index contributed by atoms with van der Waals surface area (Å²) >= 11 is 0. The third kappa shape index (κ3) is 2.66. The minimum Gasteiger partial charge on any atom is -0.494 e. The Morgan fingerprint density at radius 3 is 2.80 bits per heavy atom. The third-order valence-electron chi connectivity index (χ3n) is 4.23. The molecule has 20 heavy (non-hydrogen) atoms. The molecule has 2 aliphatic heterocycles. The molecule has 2 fully saturated rings. The van der Waals surface area contributed by atoms with Crippen LogP contribution in [0.3, 0.4) is 0 Å². The Kier molecular flexibility index (Phi) is 3.92. The predicted molar refractivity (Wildman–Crippen MR) is 78.0 cm³/mol. The Bertz CT molecular complexity index is 477. The Balaban J connectivity index is 1.68. The van der Waals surface area contributed by atoms with Crippen molar-refractivity contribution in [2.45, 2.75) is 13.3 Å². The molecule has 108 valence electrons. The van der Waals surface area contributed by atoms with Gasteiger partial charge in [0.2, 0.25) is 0 Å². The maximum atomic E-state index is 12.6. The van der Waals surface area contributed by atoms with Crippen molar-refractivity contribution in [1.82, 2.24) is 10.2 Å². The summed E-state index contributed by atoms with van der Waals surface area (Å²) in [6.45, 7) is 6.64. The zero-order chi connectivity index (χ0) is 13.9. The average molecular weight is 274 g/mol. The first kappa shape index (κ1) is 13.4. The number of hydrogen-bond acceptors (Lipinski definition) is 3. The normalized spacial score (nSPS) is 24.8. The first-order chi connectivity index (χ1) is 9.78. The maximum absolute atomic E-state index is 12.6. The number of carbonyl (C=O) groups excluding carboxylic acids is 1. The van der Waals surface area contributed by atoms with Crippen molar-refractivity contribution < 1.29 is 9.53 Å². The molecule has 2 heterocycles. The number of nitrogens with one attached hydrogen (secondary N) is 1. The molecule has 0 radical (unpaired) electrons. The van der Waals surface area contributed by atoms with Gasteiger partial charge >= 0.3 is 0 Å². The van der Waals surface area contributed by atoms with Crippen molar-refractivity contribution >= 4 is 5.91 Å². The van der Waals surface area contributed by atoms with Crippen LogP contribution < -0.4 is 10.1 Å². The van der Waals surface area contributed by atoms with Crippen molar-refractivity contribution in [2.24, 2.45) is 11.8 Å². The molecule has 0 bridgehead atoms. The van der Waals surface area contributed by atoms with Crippen molar-refractivity contribution in [3.05, 3.63) is 29.8 Å². The number of hydrogen-bond donors (Lipinski definition) is 1. The van der Waals surface area contributed by atoms with Crippen LogP contribution in [0.2, 0.25) is 0 Å².